The number of hydrogen-bond acceptors (Lipinski definition) is 4. The van der Waals surface area contributed by atoms with Crippen LogP contribution in [0.5, 0.6) is 11.5 Å². The number of rotatable bonds is 7. The van der Waals surface area contributed by atoms with Crippen molar-refractivity contribution in [3.63, 3.8) is 0 Å². The molecule has 3 rings (SSSR count). The van der Waals surface area contributed by atoms with Crippen LogP contribution in [0.15, 0.2) is 42.5 Å². The molecule has 6 heteroatoms. The Kier molecular flexibility index (Phi) is 5.96. The highest BCUT2D eigenvalue weighted by Crippen LogP contribution is 2.31. The SMILES string of the molecule is COc1cc(C(=O)NCC2CCCc3ccccc32)ccc1OCC(N)=O. The second kappa shape index (κ2) is 8.58. The fourth-order valence-electron chi connectivity index (χ4n) is 3.46. The summed E-state index contributed by atoms with van der Waals surface area (Å²) in [6.45, 7) is 0.348. The molecule has 2 amide bonds. The van der Waals surface area contributed by atoms with E-state index in [1.807, 2.05) is 0 Å². The standard InChI is InChI=1S/C21H24N2O4/c1-26-19-11-15(9-10-18(19)27-13-20(22)24)21(25)23-12-16-7-4-6-14-5-2-3-8-17(14)16/h2-3,5,8-11,16H,4,6-7,12-13H2,1H3,(H2,22,24)(H,23,25). The summed E-state index contributed by atoms with van der Waals surface area (Å²) in [6, 6.07) is 13.3. The molecule has 0 fully saturated rings. The van der Waals surface area contributed by atoms with Crippen molar-refractivity contribution in [2.45, 2.75) is 25.2 Å². The number of nitrogens with one attached hydrogen (secondary N) is 1. The van der Waals surface area contributed by atoms with E-state index in [0.29, 0.717) is 29.5 Å². The molecule has 27 heavy (non-hydrogen) atoms. The van der Waals surface area contributed by atoms with Gasteiger partial charge in [0.25, 0.3) is 11.8 Å². The predicted octanol–water partition coefficient (Wildman–Crippen LogP) is 2.41. The van der Waals surface area contributed by atoms with Gasteiger partial charge in [-0.15, -0.1) is 0 Å². The Balaban J connectivity index is 1.65. The first-order chi connectivity index (χ1) is 13.1. The number of carbonyl (C=O) groups is 2. The van der Waals surface area contributed by atoms with Gasteiger partial charge >= 0.3 is 0 Å². The highest BCUT2D eigenvalue weighted by atomic mass is 16.5. The summed E-state index contributed by atoms with van der Waals surface area (Å²) in [6.07, 6.45) is 3.31. The van der Waals surface area contributed by atoms with E-state index in [4.69, 9.17) is 15.2 Å². The molecule has 1 atom stereocenters. The minimum absolute atomic E-state index is 0.169. The number of carbonyl (C=O) groups excluding carboxylic acids is 2. The van der Waals surface area contributed by atoms with Crippen LogP contribution in [0.1, 0.15) is 40.2 Å². The van der Waals surface area contributed by atoms with Crippen LogP contribution in [0.25, 0.3) is 0 Å². The summed E-state index contributed by atoms with van der Waals surface area (Å²) in [5, 5.41) is 3.02. The van der Waals surface area contributed by atoms with Crippen molar-refractivity contribution in [2.24, 2.45) is 5.73 Å². The summed E-state index contributed by atoms with van der Waals surface area (Å²) in [4.78, 5) is 23.4. The quantitative estimate of drug-likeness (QED) is 0.785. The summed E-state index contributed by atoms with van der Waals surface area (Å²) >= 11 is 0. The first kappa shape index (κ1) is 18.8. The van der Waals surface area contributed by atoms with Crippen LogP contribution in [0.2, 0.25) is 0 Å². The maximum absolute atomic E-state index is 12.6. The van der Waals surface area contributed by atoms with E-state index in [9.17, 15) is 9.59 Å². The van der Waals surface area contributed by atoms with Crippen LogP contribution in [0, 0.1) is 0 Å². The predicted molar refractivity (Wildman–Crippen MR) is 102 cm³/mol. The van der Waals surface area contributed by atoms with Crippen molar-refractivity contribution in [2.75, 3.05) is 20.3 Å². The Hall–Kier alpha value is -3.02. The van der Waals surface area contributed by atoms with Crippen LogP contribution in [0.3, 0.4) is 0 Å². The minimum atomic E-state index is -0.577. The van der Waals surface area contributed by atoms with Gasteiger partial charge in [-0.3, -0.25) is 9.59 Å². The molecule has 1 unspecified atom stereocenters. The molecule has 0 aromatic heterocycles. The molecule has 142 valence electrons. The fraction of sp³-hybridized carbons (Fsp3) is 0.333. The van der Waals surface area contributed by atoms with Gasteiger partial charge in [-0.25, -0.2) is 0 Å². The zero-order chi connectivity index (χ0) is 19.2. The van der Waals surface area contributed by atoms with Gasteiger partial charge in [0.15, 0.2) is 18.1 Å². The molecular weight excluding hydrogens is 344 g/mol. The molecule has 0 radical (unpaired) electrons. The highest BCUT2D eigenvalue weighted by molar-refractivity contribution is 5.95. The zero-order valence-corrected chi connectivity index (χ0v) is 15.4. The first-order valence-electron chi connectivity index (χ1n) is 9.03. The molecule has 0 bridgehead atoms. The van der Waals surface area contributed by atoms with Gasteiger partial charge in [-0.1, -0.05) is 24.3 Å². The topological polar surface area (TPSA) is 90.7 Å². The van der Waals surface area contributed by atoms with Crippen molar-refractivity contribution in [1.29, 1.82) is 0 Å². The van der Waals surface area contributed by atoms with E-state index >= 15 is 0 Å². The summed E-state index contributed by atoms with van der Waals surface area (Å²) < 4.78 is 10.5. The molecule has 6 nitrogen and oxygen atoms in total. The van der Waals surface area contributed by atoms with E-state index in [2.05, 4.69) is 29.6 Å². The lowest BCUT2D eigenvalue weighted by Gasteiger charge is -2.25. The second-order valence-electron chi connectivity index (χ2n) is 6.62. The largest absolute Gasteiger partial charge is 0.493 e. The molecule has 2 aromatic rings. The molecule has 0 spiro atoms. The normalized spacial score (nSPS) is 15.5. The molecule has 3 N–H and O–H groups in total. The molecule has 2 aromatic carbocycles. The van der Waals surface area contributed by atoms with Gasteiger partial charge in [0.05, 0.1) is 7.11 Å². The lowest BCUT2D eigenvalue weighted by molar-refractivity contribution is -0.119. The van der Waals surface area contributed by atoms with E-state index in [0.717, 1.165) is 19.3 Å². The van der Waals surface area contributed by atoms with Crippen molar-refractivity contribution >= 4 is 11.8 Å². The third kappa shape index (κ3) is 4.58. The number of ether oxygens (including phenoxy) is 2. The van der Waals surface area contributed by atoms with Gasteiger partial charge in [-0.2, -0.15) is 0 Å². The van der Waals surface area contributed by atoms with Gasteiger partial charge in [0, 0.05) is 18.0 Å². The molecular formula is C21H24N2O4. The first-order valence-corrected chi connectivity index (χ1v) is 9.03. The van der Waals surface area contributed by atoms with Gasteiger partial charge < -0.3 is 20.5 Å². The molecule has 1 aliphatic carbocycles. The van der Waals surface area contributed by atoms with Crippen molar-refractivity contribution in [3.05, 3.63) is 59.2 Å². The van der Waals surface area contributed by atoms with E-state index in [1.165, 1.54) is 18.2 Å². The number of nitrogens with two attached hydrogens (primary N) is 1. The number of amides is 2. The van der Waals surface area contributed by atoms with Crippen LogP contribution in [-0.4, -0.2) is 32.1 Å². The summed E-state index contributed by atoms with van der Waals surface area (Å²) in [5.74, 6) is 0.337. The van der Waals surface area contributed by atoms with Crippen LogP contribution in [0.4, 0.5) is 0 Å². The third-order valence-electron chi connectivity index (χ3n) is 4.80. The smallest absolute Gasteiger partial charge is 0.255 e. The van der Waals surface area contributed by atoms with Crippen molar-refractivity contribution in [1.82, 2.24) is 5.32 Å². The minimum Gasteiger partial charge on any atom is -0.493 e. The van der Waals surface area contributed by atoms with Crippen LogP contribution < -0.4 is 20.5 Å². The zero-order valence-electron chi connectivity index (χ0n) is 15.4. The molecule has 1 aliphatic rings. The summed E-state index contributed by atoms with van der Waals surface area (Å²) in [7, 11) is 1.48. The number of benzene rings is 2. The Bertz CT molecular complexity index is 835. The molecule has 0 heterocycles. The van der Waals surface area contributed by atoms with Crippen molar-refractivity contribution < 1.29 is 19.1 Å². The Morgan fingerprint density at radius 1 is 1.19 bits per heavy atom. The van der Waals surface area contributed by atoms with Crippen LogP contribution >= 0.6 is 0 Å². The molecule has 0 aliphatic heterocycles. The van der Waals surface area contributed by atoms with Crippen LogP contribution in [-0.2, 0) is 11.2 Å². The van der Waals surface area contributed by atoms with E-state index < -0.39 is 5.91 Å². The number of primary amides is 1. The molecule has 0 saturated carbocycles. The average molecular weight is 368 g/mol. The monoisotopic (exact) mass is 368 g/mol. The van der Waals surface area contributed by atoms with Crippen molar-refractivity contribution in [3.8, 4) is 11.5 Å². The maximum atomic E-state index is 12.6. The molecule has 0 saturated heterocycles. The van der Waals surface area contributed by atoms with Gasteiger partial charge in [0.2, 0.25) is 0 Å². The number of fused-ring (bicyclic) bond motifs is 1. The lowest BCUT2D eigenvalue weighted by atomic mass is 9.83. The highest BCUT2D eigenvalue weighted by Gasteiger charge is 2.21. The fourth-order valence-corrected chi connectivity index (χ4v) is 3.46. The van der Waals surface area contributed by atoms with Gasteiger partial charge in [-0.05, 0) is 48.6 Å². The number of hydrogen-bond donors (Lipinski definition) is 2. The Morgan fingerprint density at radius 2 is 2.00 bits per heavy atom. The lowest BCUT2D eigenvalue weighted by Crippen LogP contribution is -2.30. The maximum Gasteiger partial charge on any atom is 0.255 e. The Labute approximate surface area is 158 Å². The second-order valence-corrected chi connectivity index (χ2v) is 6.62. The average Bonchev–Trinajstić information content (AvgIpc) is 2.70. The van der Waals surface area contributed by atoms with E-state index in [-0.39, 0.29) is 12.5 Å². The number of aryl methyl sites for hydroxylation is 1. The third-order valence-corrected chi connectivity index (χ3v) is 4.80. The summed E-state index contributed by atoms with van der Waals surface area (Å²) in [5.41, 5.74) is 8.27. The van der Waals surface area contributed by atoms with E-state index in [1.54, 1.807) is 18.2 Å². The number of methoxy groups -OCH3 is 1. The van der Waals surface area contributed by atoms with Gasteiger partial charge in [0.1, 0.15) is 0 Å². The Morgan fingerprint density at radius 3 is 2.78 bits per heavy atom.